The molecule has 0 radical (unpaired) electrons. The van der Waals surface area contributed by atoms with Crippen LogP contribution in [0.2, 0.25) is 0 Å². The molecule has 1 aliphatic carbocycles. The highest BCUT2D eigenvalue weighted by Gasteiger charge is 2.28. The topological polar surface area (TPSA) is 38.3 Å². The van der Waals surface area contributed by atoms with Crippen LogP contribution in [-0.4, -0.2) is 19.2 Å². The molecule has 0 bridgehead atoms. The third-order valence-corrected chi connectivity index (χ3v) is 1.86. The minimum atomic E-state index is -0.320. The molecule has 1 saturated carbocycles. The van der Waals surface area contributed by atoms with E-state index in [1.807, 2.05) is 6.92 Å². The maximum absolute atomic E-state index is 10.6. The lowest BCUT2D eigenvalue weighted by Gasteiger charge is -2.10. The van der Waals surface area contributed by atoms with Gasteiger partial charge in [0.1, 0.15) is 0 Å². The predicted octanol–water partition coefficient (Wildman–Crippen LogP) is 1.14. The smallest absolute Gasteiger partial charge is 0.407 e. The van der Waals surface area contributed by atoms with Gasteiger partial charge in [0.25, 0.3) is 0 Å². The summed E-state index contributed by atoms with van der Waals surface area (Å²) < 4.78 is 4.45. The Labute approximate surface area is 60.7 Å². The zero-order chi connectivity index (χ0) is 7.56. The SMILES string of the molecule is COC(=O)N[C@@H](C)C1CC1. The van der Waals surface area contributed by atoms with Crippen molar-refractivity contribution in [1.82, 2.24) is 5.32 Å². The van der Waals surface area contributed by atoms with Gasteiger partial charge in [-0.3, -0.25) is 0 Å². The lowest BCUT2D eigenvalue weighted by atomic mass is 10.2. The molecule has 0 heterocycles. The van der Waals surface area contributed by atoms with E-state index in [9.17, 15) is 4.79 Å². The summed E-state index contributed by atoms with van der Waals surface area (Å²) >= 11 is 0. The lowest BCUT2D eigenvalue weighted by molar-refractivity contribution is 0.166. The Morgan fingerprint density at radius 2 is 2.30 bits per heavy atom. The molecular formula is C7H13NO2. The van der Waals surface area contributed by atoms with Gasteiger partial charge in [-0.25, -0.2) is 4.79 Å². The molecule has 0 aliphatic heterocycles. The summed E-state index contributed by atoms with van der Waals surface area (Å²) in [6.07, 6.45) is 2.16. The number of rotatable bonds is 2. The van der Waals surface area contributed by atoms with Crippen molar-refractivity contribution in [3.63, 3.8) is 0 Å². The van der Waals surface area contributed by atoms with Gasteiger partial charge < -0.3 is 10.1 Å². The lowest BCUT2D eigenvalue weighted by Crippen LogP contribution is -2.33. The maximum atomic E-state index is 10.6. The van der Waals surface area contributed by atoms with Gasteiger partial charge in [0.15, 0.2) is 0 Å². The Morgan fingerprint density at radius 1 is 1.70 bits per heavy atom. The zero-order valence-corrected chi connectivity index (χ0v) is 6.39. The molecule has 58 valence electrons. The summed E-state index contributed by atoms with van der Waals surface area (Å²) in [5, 5.41) is 2.73. The van der Waals surface area contributed by atoms with E-state index < -0.39 is 0 Å². The van der Waals surface area contributed by atoms with Crippen molar-refractivity contribution < 1.29 is 9.53 Å². The van der Waals surface area contributed by atoms with E-state index >= 15 is 0 Å². The summed E-state index contributed by atoms with van der Waals surface area (Å²) in [7, 11) is 1.38. The predicted molar refractivity (Wildman–Crippen MR) is 37.7 cm³/mol. The van der Waals surface area contributed by atoms with Crippen molar-refractivity contribution in [3.05, 3.63) is 0 Å². The Hall–Kier alpha value is -0.730. The van der Waals surface area contributed by atoms with Crippen LogP contribution in [-0.2, 0) is 4.74 Å². The van der Waals surface area contributed by atoms with Crippen LogP contribution < -0.4 is 5.32 Å². The minimum absolute atomic E-state index is 0.285. The number of amides is 1. The average molecular weight is 143 g/mol. The van der Waals surface area contributed by atoms with Crippen LogP contribution in [0.3, 0.4) is 0 Å². The summed E-state index contributed by atoms with van der Waals surface area (Å²) in [4.78, 5) is 10.6. The second kappa shape index (κ2) is 2.90. The molecule has 1 aliphatic rings. The van der Waals surface area contributed by atoms with Crippen LogP contribution >= 0.6 is 0 Å². The Bertz CT molecular complexity index is 132. The molecule has 0 saturated heterocycles. The van der Waals surface area contributed by atoms with Gasteiger partial charge in [0.05, 0.1) is 7.11 Å². The molecule has 0 aromatic rings. The van der Waals surface area contributed by atoms with Crippen LogP contribution in [0.15, 0.2) is 0 Å². The summed E-state index contributed by atoms with van der Waals surface area (Å²) in [5.74, 6) is 0.694. The van der Waals surface area contributed by atoms with Gasteiger partial charge in [0.2, 0.25) is 0 Å². The van der Waals surface area contributed by atoms with Crippen LogP contribution in [0, 0.1) is 5.92 Å². The van der Waals surface area contributed by atoms with E-state index in [2.05, 4.69) is 10.1 Å². The monoisotopic (exact) mass is 143 g/mol. The number of alkyl carbamates (subject to hydrolysis) is 1. The quantitative estimate of drug-likeness (QED) is 0.629. The van der Waals surface area contributed by atoms with Crippen molar-refractivity contribution in [2.45, 2.75) is 25.8 Å². The maximum Gasteiger partial charge on any atom is 0.407 e. The number of ether oxygens (including phenoxy) is 1. The molecule has 0 aromatic heterocycles. The van der Waals surface area contributed by atoms with E-state index in [1.165, 1.54) is 20.0 Å². The van der Waals surface area contributed by atoms with Crippen molar-refractivity contribution in [2.75, 3.05) is 7.11 Å². The average Bonchev–Trinajstić information content (AvgIpc) is 2.68. The first-order chi connectivity index (χ1) is 4.74. The molecule has 10 heavy (non-hydrogen) atoms. The van der Waals surface area contributed by atoms with Gasteiger partial charge >= 0.3 is 6.09 Å². The number of carbonyl (C=O) groups is 1. The van der Waals surface area contributed by atoms with Crippen LogP contribution in [0.4, 0.5) is 4.79 Å². The first-order valence-electron chi connectivity index (χ1n) is 3.58. The molecule has 3 nitrogen and oxygen atoms in total. The Kier molecular flexibility index (Phi) is 2.14. The van der Waals surface area contributed by atoms with Crippen molar-refractivity contribution >= 4 is 6.09 Å². The number of nitrogens with one attached hydrogen (secondary N) is 1. The number of hydrogen-bond donors (Lipinski definition) is 1. The van der Waals surface area contributed by atoms with Gasteiger partial charge in [-0.1, -0.05) is 0 Å². The van der Waals surface area contributed by atoms with Gasteiger partial charge in [0, 0.05) is 6.04 Å². The van der Waals surface area contributed by atoms with Crippen LogP contribution in [0.1, 0.15) is 19.8 Å². The van der Waals surface area contributed by atoms with E-state index in [1.54, 1.807) is 0 Å². The summed E-state index contributed by atoms with van der Waals surface area (Å²) in [6.45, 7) is 2.01. The van der Waals surface area contributed by atoms with Crippen molar-refractivity contribution in [1.29, 1.82) is 0 Å². The summed E-state index contributed by atoms with van der Waals surface area (Å²) in [5.41, 5.74) is 0. The summed E-state index contributed by atoms with van der Waals surface area (Å²) in [6, 6.07) is 0.285. The highest BCUT2D eigenvalue weighted by atomic mass is 16.5. The first-order valence-corrected chi connectivity index (χ1v) is 3.58. The van der Waals surface area contributed by atoms with Crippen molar-refractivity contribution in [3.8, 4) is 0 Å². The number of hydrogen-bond acceptors (Lipinski definition) is 2. The van der Waals surface area contributed by atoms with E-state index in [0.717, 1.165) is 0 Å². The molecule has 1 rings (SSSR count). The fraction of sp³-hybridized carbons (Fsp3) is 0.857. The second-order valence-corrected chi connectivity index (χ2v) is 2.76. The fourth-order valence-corrected chi connectivity index (χ4v) is 0.959. The van der Waals surface area contributed by atoms with Crippen LogP contribution in [0.5, 0.6) is 0 Å². The van der Waals surface area contributed by atoms with E-state index in [0.29, 0.717) is 5.92 Å². The standard InChI is InChI=1S/C7H13NO2/c1-5(6-3-4-6)8-7(9)10-2/h5-6H,3-4H2,1-2H3,(H,8,9)/t5-/m0/s1. The third kappa shape index (κ3) is 1.90. The molecule has 0 aromatic carbocycles. The highest BCUT2D eigenvalue weighted by molar-refractivity contribution is 5.67. The first kappa shape index (κ1) is 7.38. The van der Waals surface area contributed by atoms with E-state index in [4.69, 9.17) is 0 Å². The molecule has 3 heteroatoms. The molecule has 0 spiro atoms. The third-order valence-electron chi connectivity index (χ3n) is 1.86. The fourth-order valence-electron chi connectivity index (χ4n) is 0.959. The molecule has 1 amide bonds. The van der Waals surface area contributed by atoms with Gasteiger partial charge in [-0.15, -0.1) is 0 Å². The number of carbonyl (C=O) groups excluding carboxylic acids is 1. The number of methoxy groups -OCH3 is 1. The normalized spacial score (nSPS) is 19.8. The molecular weight excluding hydrogens is 130 g/mol. The van der Waals surface area contributed by atoms with Crippen LogP contribution in [0.25, 0.3) is 0 Å². The minimum Gasteiger partial charge on any atom is -0.453 e. The van der Waals surface area contributed by atoms with Gasteiger partial charge in [-0.2, -0.15) is 0 Å². The molecule has 1 atom stereocenters. The second-order valence-electron chi connectivity index (χ2n) is 2.76. The Balaban J connectivity index is 2.16. The molecule has 1 N–H and O–H groups in total. The Morgan fingerprint density at radius 3 is 2.70 bits per heavy atom. The molecule has 1 fully saturated rings. The largest absolute Gasteiger partial charge is 0.453 e. The van der Waals surface area contributed by atoms with Crippen molar-refractivity contribution in [2.24, 2.45) is 5.92 Å². The van der Waals surface area contributed by atoms with Gasteiger partial charge in [-0.05, 0) is 25.7 Å². The highest BCUT2D eigenvalue weighted by Crippen LogP contribution is 2.32. The molecule has 0 unspecified atom stereocenters. The van der Waals surface area contributed by atoms with E-state index in [-0.39, 0.29) is 12.1 Å². The zero-order valence-electron chi connectivity index (χ0n) is 6.39.